The molecule has 4 heteroatoms. The molecular weight excluding hydrogens is 293 g/mol. The zero-order chi connectivity index (χ0) is 14.3. The van der Waals surface area contributed by atoms with Gasteiger partial charge in [0.2, 0.25) is 0 Å². The molecule has 1 aliphatic rings. The van der Waals surface area contributed by atoms with Crippen molar-refractivity contribution in [1.29, 1.82) is 0 Å². The number of benzene rings is 2. The van der Waals surface area contributed by atoms with E-state index in [-0.39, 0.29) is 5.91 Å². The van der Waals surface area contributed by atoms with Gasteiger partial charge in [0, 0.05) is 18.2 Å². The summed E-state index contributed by atoms with van der Waals surface area (Å²) in [6.45, 7) is 0. The van der Waals surface area contributed by atoms with Gasteiger partial charge in [-0.3, -0.25) is 4.79 Å². The Kier molecular flexibility index (Phi) is 3.28. The highest BCUT2D eigenvalue weighted by Gasteiger charge is 2.28. The highest BCUT2D eigenvalue weighted by atomic mass is 35.5. The molecule has 0 unspecified atom stereocenters. The van der Waals surface area contributed by atoms with Gasteiger partial charge in [-0.1, -0.05) is 47.5 Å². The molecule has 0 saturated heterocycles. The summed E-state index contributed by atoms with van der Waals surface area (Å²) in [4.78, 5) is 14.0. The molecule has 0 spiro atoms. The third kappa shape index (κ3) is 2.11. The van der Waals surface area contributed by atoms with E-state index in [1.54, 1.807) is 24.1 Å². The zero-order valence-corrected chi connectivity index (χ0v) is 12.2. The van der Waals surface area contributed by atoms with Crippen molar-refractivity contribution in [2.24, 2.45) is 0 Å². The molecule has 100 valence electrons. The number of amides is 1. The van der Waals surface area contributed by atoms with Crippen LogP contribution in [0.5, 0.6) is 0 Å². The van der Waals surface area contributed by atoms with E-state index >= 15 is 0 Å². The second kappa shape index (κ2) is 4.97. The number of anilines is 1. The molecule has 0 aliphatic carbocycles. The van der Waals surface area contributed by atoms with Crippen molar-refractivity contribution in [3.8, 4) is 0 Å². The number of nitrogens with zero attached hydrogens (tertiary/aromatic N) is 1. The van der Waals surface area contributed by atoms with Crippen LogP contribution in [0.2, 0.25) is 10.0 Å². The summed E-state index contributed by atoms with van der Waals surface area (Å²) in [5, 5.41) is 0.984. The highest BCUT2D eigenvalue weighted by molar-refractivity contribution is 6.42. The van der Waals surface area contributed by atoms with Gasteiger partial charge in [0.05, 0.1) is 15.7 Å². The topological polar surface area (TPSA) is 20.3 Å². The largest absolute Gasteiger partial charge is 0.311 e. The van der Waals surface area contributed by atoms with E-state index in [1.165, 1.54) is 0 Å². The molecule has 20 heavy (non-hydrogen) atoms. The lowest BCUT2D eigenvalue weighted by Crippen LogP contribution is -2.20. The predicted molar refractivity (Wildman–Crippen MR) is 84.2 cm³/mol. The Labute approximate surface area is 127 Å². The van der Waals surface area contributed by atoms with Crippen molar-refractivity contribution in [2.75, 3.05) is 11.9 Å². The molecule has 0 atom stereocenters. The van der Waals surface area contributed by atoms with E-state index in [4.69, 9.17) is 23.2 Å². The fourth-order valence-corrected chi connectivity index (χ4v) is 2.61. The van der Waals surface area contributed by atoms with Crippen molar-refractivity contribution in [1.82, 2.24) is 0 Å². The Bertz CT molecular complexity index is 737. The third-order valence-electron chi connectivity index (χ3n) is 3.35. The third-order valence-corrected chi connectivity index (χ3v) is 4.08. The standard InChI is InChI=1S/C16H11Cl2NO/c1-19-15-5-3-2-4-11(15)12(16(19)20)8-10-6-7-13(17)14(18)9-10/h2-9H,1H3/b12-8-. The minimum atomic E-state index is -0.0164. The van der Waals surface area contributed by atoms with Crippen LogP contribution in [0.25, 0.3) is 11.6 Å². The molecule has 1 heterocycles. The molecule has 3 rings (SSSR count). The molecule has 0 fully saturated rings. The first-order valence-corrected chi connectivity index (χ1v) is 6.88. The van der Waals surface area contributed by atoms with Crippen molar-refractivity contribution < 1.29 is 4.79 Å². The number of hydrogen-bond donors (Lipinski definition) is 0. The van der Waals surface area contributed by atoms with E-state index in [0.29, 0.717) is 15.6 Å². The van der Waals surface area contributed by atoms with Crippen LogP contribution in [-0.2, 0) is 4.79 Å². The summed E-state index contributed by atoms with van der Waals surface area (Å²) in [5.41, 5.74) is 3.38. The molecule has 1 aliphatic heterocycles. The van der Waals surface area contributed by atoms with Gasteiger partial charge in [-0.05, 0) is 29.8 Å². The molecule has 0 bridgehead atoms. The van der Waals surface area contributed by atoms with E-state index in [9.17, 15) is 4.79 Å². The maximum Gasteiger partial charge on any atom is 0.258 e. The van der Waals surface area contributed by atoms with Gasteiger partial charge in [0.25, 0.3) is 5.91 Å². The summed E-state index contributed by atoms with van der Waals surface area (Å²) >= 11 is 11.9. The molecule has 0 aromatic heterocycles. The number of fused-ring (bicyclic) bond motifs is 1. The molecular formula is C16H11Cl2NO. The van der Waals surface area contributed by atoms with Gasteiger partial charge < -0.3 is 4.90 Å². The lowest BCUT2D eigenvalue weighted by Gasteiger charge is -2.07. The number of para-hydroxylation sites is 1. The summed E-state index contributed by atoms with van der Waals surface area (Å²) in [6, 6.07) is 13.0. The van der Waals surface area contributed by atoms with Gasteiger partial charge in [-0.25, -0.2) is 0 Å². The lowest BCUT2D eigenvalue weighted by molar-refractivity contribution is -0.112. The van der Waals surface area contributed by atoms with E-state index in [1.807, 2.05) is 36.4 Å². The molecule has 2 nitrogen and oxygen atoms in total. The Balaban J connectivity index is 2.12. The zero-order valence-electron chi connectivity index (χ0n) is 10.7. The monoisotopic (exact) mass is 303 g/mol. The van der Waals surface area contributed by atoms with Gasteiger partial charge in [0.1, 0.15) is 0 Å². The Morgan fingerprint density at radius 2 is 1.80 bits per heavy atom. The van der Waals surface area contributed by atoms with Crippen LogP contribution in [-0.4, -0.2) is 13.0 Å². The number of likely N-dealkylation sites (N-methyl/N-ethyl adjacent to an activating group) is 1. The maximum atomic E-state index is 12.3. The van der Waals surface area contributed by atoms with Crippen LogP contribution in [0.1, 0.15) is 11.1 Å². The SMILES string of the molecule is CN1C(=O)/C(=C\c2ccc(Cl)c(Cl)c2)c2ccccc21. The van der Waals surface area contributed by atoms with Crippen LogP contribution in [0, 0.1) is 0 Å². The van der Waals surface area contributed by atoms with Crippen LogP contribution in [0.4, 0.5) is 5.69 Å². The minimum absolute atomic E-state index is 0.0164. The van der Waals surface area contributed by atoms with Gasteiger partial charge in [-0.15, -0.1) is 0 Å². The Morgan fingerprint density at radius 3 is 2.55 bits per heavy atom. The van der Waals surface area contributed by atoms with Gasteiger partial charge >= 0.3 is 0 Å². The second-order valence-electron chi connectivity index (χ2n) is 4.61. The number of carbonyl (C=O) groups is 1. The average Bonchev–Trinajstić information content (AvgIpc) is 2.69. The first-order valence-electron chi connectivity index (χ1n) is 6.12. The van der Waals surface area contributed by atoms with Crippen LogP contribution >= 0.6 is 23.2 Å². The number of halogens is 2. The normalized spacial score (nSPS) is 15.8. The van der Waals surface area contributed by atoms with Crippen LogP contribution in [0.3, 0.4) is 0 Å². The van der Waals surface area contributed by atoms with Gasteiger partial charge in [-0.2, -0.15) is 0 Å². The van der Waals surface area contributed by atoms with Gasteiger partial charge in [0.15, 0.2) is 0 Å². The molecule has 1 amide bonds. The first-order chi connectivity index (χ1) is 9.58. The second-order valence-corrected chi connectivity index (χ2v) is 5.43. The summed E-state index contributed by atoms with van der Waals surface area (Å²) in [7, 11) is 1.77. The van der Waals surface area contributed by atoms with Crippen LogP contribution in [0.15, 0.2) is 42.5 Å². The van der Waals surface area contributed by atoms with Crippen molar-refractivity contribution in [3.05, 3.63) is 63.6 Å². The smallest absolute Gasteiger partial charge is 0.258 e. The minimum Gasteiger partial charge on any atom is -0.311 e. The molecule has 2 aromatic rings. The quantitative estimate of drug-likeness (QED) is 0.710. The van der Waals surface area contributed by atoms with Crippen molar-refractivity contribution >= 4 is 46.4 Å². The molecule has 0 N–H and O–H groups in total. The fourth-order valence-electron chi connectivity index (χ4n) is 2.31. The average molecular weight is 304 g/mol. The Hall–Kier alpha value is -1.77. The Morgan fingerprint density at radius 1 is 1.05 bits per heavy atom. The first kappa shape index (κ1) is 13.2. The number of carbonyl (C=O) groups excluding carboxylic acids is 1. The fraction of sp³-hybridized carbons (Fsp3) is 0.0625. The molecule has 0 saturated carbocycles. The summed E-state index contributed by atoms with van der Waals surface area (Å²) in [5.74, 6) is -0.0164. The summed E-state index contributed by atoms with van der Waals surface area (Å²) < 4.78 is 0. The summed E-state index contributed by atoms with van der Waals surface area (Å²) in [6.07, 6.45) is 1.84. The maximum absolute atomic E-state index is 12.3. The number of rotatable bonds is 1. The van der Waals surface area contributed by atoms with E-state index in [2.05, 4.69) is 0 Å². The van der Waals surface area contributed by atoms with E-state index in [0.717, 1.165) is 16.8 Å². The number of hydrogen-bond acceptors (Lipinski definition) is 1. The molecule has 0 radical (unpaired) electrons. The predicted octanol–water partition coefficient (Wildman–Crippen LogP) is 4.51. The van der Waals surface area contributed by atoms with Crippen molar-refractivity contribution in [3.63, 3.8) is 0 Å². The lowest BCUT2D eigenvalue weighted by atomic mass is 10.0. The van der Waals surface area contributed by atoms with Crippen LogP contribution < -0.4 is 4.90 Å². The van der Waals surface area contributed by atoms with Crippen molar-refractivity contribution in [2.45, 2.75) is 0 Å². The molecule has 2 aromatic carbocycles. The highest BCUT2D eigenvalue weighted by Crippen LogP contribution is 2.36. The van der Waals surface area contributed by atoms with E-state index < -0.39 is 0 Å².